The Morgan fingerprint density at radius 1 is 0.973 bits per heavy atom. The molecule has 424 valence electrons. The highest BCUT2D eigenvalue weighted by Crippen LogP contribution is 2.41. The summed E-state index contributed by atoms with van der Waals surface area (Å²) in [6, 6.07) is 6.14. The van der Waals surface area contributed by atoms with E-state index in [0.717, 1.165) is 16.0 Å². The normalized spacial score (nSPS) is 37.9. The van der Waals surface area contributed by atoms with Crippen LogP contribution in [0.15, 0.2) is 36.7 Å². The maximum atomic E-state index is 14.9. The first-order valence-corrected chi connectivity index (χ1v) is 27.4. The summed E-state index contributed by atoms with van der Waals surface area (Å²) in [5.74, 6) is -2.59. The fourth-order valence-electron chi connectivity index (χ4n) is 11.7. The van der Waals surface area contributed by atoms with Gasteiger partial charge in [-0.05, 0) is 98.9 Å². The van der Waals surface area contributed by atoms with Gasteiger partial charge in [0.15, 0.2) is 12.6 Å². The van der Waals surface area contributed by atoms with Gasteiger partial charge >= 0.3 is 5.97 Å². The molecule has 3 aliphatic heterocycles. The number of cyclic esters (lactones) is 1. The van der Waals surface area contributed by atoms with Crippen LogP contribution in [0.4, 0.5) is 4.39 Å². The van der Waals surface area contributed by atoms with Gasteiger partial charge in [0.1, 0.15) is 42.7 Å². The van der Waals surface area contributed by atoms with Crippen molar-refractivity contribution in [2.45, 2.75) is 204 Å². The maximum absolute atomic E-state index is 14.9. The van der Waals surface area contributed by atoms with Crippen LogP contribution < -0.4 is 0 Å². The number of ether oxygens (including phenoxy) is 7. The molecule has 21 heteroatoms. The summed E-state index contributed by atoms with van der Waals surface area (Å²) >= 11 is 1.17. The highest BCUT2D eigenvalue weighted by molar-refractivity contribution is 7.16. The number of nitrogens with zero attached hydrogens (tertiary/aromatic N) is 6. The fourth-order valence-corrected chi connectivity index (χ4v) is 12.4. The third kappa shape index (κ3) is 14.3. The Balaban J connectivity index is 1.23. The quantitative estimate of drug-likeness (QED) is 0.106. The molecule has 3 fully saturated rings. The molecule has 0 saturated carbocycles. The lowest BCUT2D eigenvalue weighted by Crippen LogP contribution is -2.59. The molecule has 1 aromatic carbocycles. The fraction of sp³-hybridized carbons (Fsp3) is 0.778. The molecule has 0 aliphatic carbocycles. The number of aliphatic hydroxyl groups is 4. The lowest BCUT2D eigenvalue weighted by atomic mass is 9.77. The molecule has 75 heavy (non-hydrogen) atoms. The van der Waals surface area contributed by atoms with Crippen LogP contribution in [-0.2, 0) is 44.4 Å². The van der Waals surface area contributed by atoms with E-state index < -0.39 is 109 Å². The van der Waals surface area contributed by atoms with Gasteiger partial charge in [0.05, 0.1) is 52.1 Å². The van der Waals surface area contributed by atoms with Gasteiger partial charge in [-0.3, -0.25) is 4.79 Å². The number of methoxy groups -OCH3 is 2. The number of halogens is 1. The number of benzene rings is 1. The van der Waals surface area contributed by atoms with E-state index >= 15 is 0 Å². The number of aromatic hydroxyl groups is 1. The monoisotopic (exact) mass is 1080 g/mol. The molecule has 0 amide bonds. The highest BCUT2D eigenvalue weighted by Gasteiger charge is 2.52. The number of thiazole rings is 1. The number of likely N-dealkylation sites (N-methyl/N-ethyl adjacent to an activating group) is 2. The lowest BCUT2D eigenvalue weighted by Gasteiger charge is -2.48. The molecule has 0 bridgehead atoms. The number of hydrogen-bond donors (Lipinski definition) is 5. The third-order valence-electron chi connectivity index (χ3n) is 16.4. The molecule has 0 radical (unpaired) electrons. The van der Waals surface area contributed by atoms with E-state index in [4.69, 9.17) is 33.2 Å². The summed E-state index contributed by atoms with van der Waals surface area (Å²) in [6.07, 6.45) is -3.13. The van der Waals surface area contributed by atoms with Crippen molar-refractivity contribution in [2.75, 3.05) is 48.1 Å². The molecular formula is C54H87FN6O13S. The van der Waals surface area contributed by atoms with Crippen LogP contribution in [0.2, 0.25) is 0 Å². The van der Waals surface area contributed by atoms with Gasteiger partial charge in [0.25, 0.3) is 5.19 Å². The number of rotatable bonds is 16. The number of carbonyl (C=O) groups is 1. The second kappa shape index (κ2) is 25.7. The summed E-state index contributed by atoms with van der Waals surface area (Å²) in [5.41, 5.74) is -2.11. The molecule has 5 heterocycles. The summed E-state index contributed by atoms with van der Waals surface area (Å²) in [4.78, 5) is 23.4. The minimum absolute atomic E-state index is 0.0174. The number of carbonyl (C=O) groups excluding carboxylic acids is 1. The van der Waals surface area contributed by atoms with Crippen molar-refractivity contribution in [1.82, 2.24) is 29.8 Å². The first-order chi connectivity index (χ1) is 35.3. The van der Waals surface area contributed by atoms with Crippen molar-refractivity contribution >= 4 is 17.3 Å². The van der Waals surface area contributed by atoms with Crippen molar-refractivity contribution in [3.05, 3.63) is 47.9 Å². The van der Waals surface area contributed by atoms with E-state index in [1.165, 1.54) is 37.2 Å². The van der Waals surface area contributed by atoms with Gasteiger partial charge in [-0.1, -0.05) is 61.6 Å². The Bertz CT molecular complexity index is 2260. The molecule has 2 aromatic heterocycles. The zero-order valence-corrected chi connectivity index (χ0v) is 47.4. The molecule has 5 N–H and O–H groups in total. The summed E-state index contributed by atoms with van der Waals surface area (Å²) in [5, 5.41) is 66.0. The van der Waals surface area contributed by atoms with Gasteiger partial charge < -0.3 is 68.5 Å². The SMILES string of the molecule is CC[C@H]1OC(=O)[C@H](C)[C@@H](O[C@H]2C[C@@](C)(OC)[C@@H](O)[C@H](C)O2)[C@H](C)[C@@H](O[C@H]2C[C@@H](N(C)CCc3cn([C@H](CF)[C@H](OC)c4ccc(-c5cnc(O)s5)cc4)nn3)C[C@@H](C)O2)[C@](C)(O)C[C@@H](C)CN(C)[C@H](C)[C@@H](O)[C@]1(C)O. The highest BCUT2D eigenvalue weighted by atomic mass is 32.1. The van der Waals surface area contributed by atoms with Crippen molar-refractivity contribution in [3.63, 3.8) is 0 Å². The van der Waals surface area contributed by atoms with Crippen LogP contribution in [-0.4, -0.2) is 194 Å². The number of alkyl halides is 1. The molecule has 19 nitrogen and oxygen atoms in total. The van der Waals surface area contributed by atoms with E-state index in [2.05, 4.69) is 20.2 Å². The lowest BCUT2D eigenvalue weighted by molar-refractivity contribution is -0.308. The Morgan fingerprint density at radius 3 is 2.28 bits per heavy atom. The van der Waals surface area contributed by atoms with Crippen LogP contribution in [0.3, 0.4) is 0 Å². The van der Waals surface area contributed by atoms with Crippen LogP contribution >= 0.6 is 11.3 Å². The zero-order valence-electron chi connectivity index (χ0n) is 46.5. The van der Waals surface area contributed by atoms with Crippen molar-refractivity contribution in [2.24, 2.45) is 17.8 Å². The zero-order chi connectivity index (χ0) is 55.3. The predicted octanol–water partition coefficient (Wildman–Crippen LogP) is 5.86. The molecule has 0 spiro atoms. The minimum atomic E-state index is -1.83. The molecule has 3 aromatic rings. The van der Waals surface area contributed by atoms with E-state index in [1.807, 2.05) is 71.0 Å². The van der Waals surface area contributed by atoms with Gasteiger partial charge in [-0.15, -0.1) is 5.10 Å². The smallest absolute Gasteiger partial charge is 0.311 e. The van der Waals surface area contributed by atoms with Gasteiger partial charge in [-0.25, -0.2) is 14.1 Å². The van der Waals surface area contributed by atoms with E-state index in [1.54, 1.807) is 47.0 Å². The van der Waals surface area contributed by atoms with Crippen molar-refractivity contribution < 1.29 is 67.9 Å². The largest absolute Gasteiger partial charge is 0.486 e. The van der Waals surface area contributed by atoms with Crippen molar-refractivity contribution in [1.29, 1.82) is 0 Å². The maximum Gasteiger partial charge on any atom is 0.311 e. The predicted molar refractivity (Wildman–Crippen MR) is 279 cm³/mol. The van der Waals surface area contributed by atoms with Crippen LogP contribution in [0.25, 0.3) is 10.4 Å². The van der Waals surface area contributed by atoms with Gasteiger partial charge in [0.2, 0.25) is 0 Å². The van der Waals surface area contributed by atoms with E-state index in [0.29, 0.717) is 38.0 Å². The Kier molecular flexibility index (Phi) is 20.8. The standard InChI is InChI=1S/C54H87FN6O13S/c1-15-42-54(10,67)47(62)34(6)60(12)28-30(2)24-52(8,66)49(32(4)45(33(5)50(64)72-42)73-44-25-53(9,69-14)48(63)35(7)71-44)74-43-23-39(22-31(3)70-43)59(11)21-20-38-29-61(58-57-38)40(26-55)46(68-13)37-18-16-36(17-19-37)41-27-56-51(65)75-41/h16-19,27,29-35,39-40,42-49,62-63,66-67H,15,20-26,28H2,1-14H3,(H,56,65)/t30-,31-,32+,33-,34-,35+,39+,40-,42-,43+,44+,45+,46-,47-,48+,49-,52-,53-,54-/m1/s1. The average molecular weight is 1080 g/mol. The molecule has 3 aliphatic rings. The number of aromatic nitrogens is 4. The molecule has 19 atom stereocenters. The molecule has 3 saturated heterocycles. The van der Waals surface area contributed by atoms with Crippen LogP contribution in [0, 0.1) is 17.8 Å². The third-order valence-corrected chi connectivity index (χ3v) is 17.3. The average Bonchev–Trinajstić information content (AvgIpc) is 4.03. The topological polar surface area (TPSA) is 233 Å². The minimum Gasteiger partial charge on any atom is -0.486 e. The second-order valence-electron chi connectivity index (χ2n) is 22.5. The molecular weight excluding hydrogens is 992 g/mol. The second-order valence-corrected chi connectivity index (χ2v) is 23.5. The Hall–Kier alpha value is -3.29. The Labute approximate surface area is 446 Å². The van der Waals surface area contributed by atoms with E-state index in [-0.39, 0.29) is 42.5 Å². The number of esters is 1. The number of aliphatic hydroxyl groups excluding tert-OH is 2. The summed E-state index contributed by atoms with van der Waals surface area (Å²) in [7, 11) is 6.93. The molecule has 0 unspecified atom stereocenters. The van der Waals surface area contributed by atoms with Gasteiger partial charge in [0, 0.05) is 77.0 Å². The first-order valence-electron chi connectivity index (χ1n) is 26.6. The van der Waals surface area contributed by atoms with Gasteiger partial charge in [-0.2, -0.15) is 0 Å². The summed E-state index contributed by atoms with van der Waals surface area (Å²) < 4.78 is 60.9. The Morgan fingerprint density at radius 2 is 1.67 bits per heavy atom. The van der Waals surface area contributed by atoms with Crippen LogP contribution in [0.5, 0.6) is 5.19 Å². The first kappa shape index (κ1) is 60.9. The van der Waals surface area contributed by atoms with Crippen LogP contribution in [0.1, 0.15) is 125 Å². The van der Waals surface area contributed by atoms with Crippen molar-refractivity contribution in [3.8, 4) is 15.6 Å². The summed E-state index contributed by atoms with van der Waals surface area (Å²) in [6.45, 7) is 18.1. The van der Waals surface area contributed by atoms with E-state index in [9.17, 15) is 34.7 Å². The number of hydrogen-bond acceptors (Lipinski definition) is 19. The molecule has 6 rings (SSSR count).